The number of anilines is 2. The summed E-state index contributed by atoms with van der Waals surface area (Å²) in [5, 5.41) is 3.76. The van der Waals surface area contributed by atoms with Gasteiger partial charge in [0.15, 0.2) is 0 Å². The van der Waals surface area contributed by atoms with Crippen LogP contribution in [0.2, 0.25) is 0 Å². The van der Waals surface area contributed by atoms with E-state index in [0.717, 1.165) is 16.6 Å². The van der Waals surface area contributed by atoms with Crippen molar-refractivity contribution in [2.45, 2.75) is 0 Å². The molecular formula is C15H13N3O. The van der Waals surface area contributed by atoms with Crippen LogP contribution >= 0.6 is 0 Å². The first-order valence-corrected chi connectivity index (χ1v) is 5.97. The van der Waals surface area contributed by atoms with Crippen LogP contribution in [0.4, 0.5) is 11.4 Å². The van der Waals surface area contributed by atoms with Crippen LogP contribution in [-0.4, -0.2) is 10.9 Å². The summed E-state index contributed by atoms with van der Waals surface area (Å²) < 4.78 is 0. The Balaban J connectivity index is 1.90. The van der Waals surface area contributed by atoms with Crippen LogP contribution in [0.3, 0.4) is 0 Å². The first-order chi connectivity index (χ1) is 9.24. The van der Waals surface area contributed by atoms with E-state index < -0.39 is 0 Å². The molecule has 1 aromatic heterocycles. The number of hydrogen-bond acceptors (Lipinski definition) is 2. The zero-order valence-electron chi connectivity index (χ0n) is 10.2. The Hall–Kier alpha value is -2.75. The third-order valence-corrected chi connectivity index (χ3v) is 3.00. The number of nitrogens with one attached hydrogen (secondary N) is 2. The second-order valence-electron chi connectivity index (χ2n) is 4.32. The van der Waals surface area contributed by atoms with Crippen molar-refractivity contribution in [3.63, 3.8) is 0 Å². The number of fused-ring (bicyclic) bond motifs is 1. The maximum atomic E-state index is 12.2. The second kappa shape index (κ2) is 4.49. The highest BCUT2D eigenvalue weighted by Crippen LogP contribution is 2.19. The van der Waals surface area contributed by atoms with E-state index >= 15 is 0 Å². The molecule has 0 aliphatic rings. The van der Waals surface area contributed by atoms with Gasteiger partial charge in [0, 0.05) is 28.5 Å². The Morgan fingerprint density at radius 2 is 1.79 bits per heavy atom. The molecule has 0 unspecified atom stereocenters. The number of benzene rings is 2. The number of H-pyrrole nitrogens is 1. The predicted molar refractivity (Wildman–Crippen MR) is 77.1 cm³/mol. The molecule has 19 heavy (non-hydrogen) atoms. The molecule has 0 saturated heterocycles. The smallest absolute Gasteiger partial charge is 0.257 e. The van der Waals surface area contributed by atoms with Crippen molar-refractivity contribution < 1.29 is 4.79 Å². The minimum Gasteiger partial charge on any atom is -0.399 e. The zero-order chi connectivity index (χ0) is 13.2. The molecule has 0 radical (unpaired) electrons. The monoisotopic (exact) mass is 251 g/mol. The van der Waals surface area contributed by atoms with Gasteiger partial charge in [0.25, 0.3) is 5.91 Å². The predicted octanol–water partition coefficient (Wildman–Crippen LogP) is 3.00. The summed E-state index contributed by atoms with van der Waals surface area (Å²) in [5.74, 6) is -0.137. The summed E-state index contributed by atoms with van der Waals surface area (Å²) >= 11 is 0. The van der Waals surface area contributed by atoms with Gasteiger partial charge in [0.05, 0.1) is 5.56 Å². The average Bonchev–Trinajstić information content (AvgIpc) is 2.85. The number of nitrogens with two attached hydrogens (primary N) is 1. The van der Waals surface area contributed by atoms with Gasteiger partial charge in [-0.1, -0.05) is 18.2 Å². The van der Waals surface area contributed by atoms with E-state index in [0.29, 0.717) is 11.3 Å². The lowest BCUT2D eigenvalue weighted by Gasteiger charge is -2.04. The maximum absolute atomic E-state index is 12.2. The van der Waals surface area contributed by atoms with Gasteiger partial charge < -0.3 is 16.0 Å². The number of carbonyl (C=O) groups excluding carboxylic acids is 1. The Morgan fingerprint density at radius 1 is 1.05 bits per heavy atom. The van der Waals surface area contributed by atoms with Crippen molar-refractivity contribution in [3.8, 4) is 0 Å². The van der Waals surface area contributed by atoms with Crippen LogP contribution in [-0.2, 0) is 0 Å². The SMILES string of the molecule is Nc1ccc(NC(=O)c2c[nH]c3ccccc23)cc1. The molecule has 0 fully saturated rings. The number of carbonyl (C=O) groups is 1. The van der Waals surface area contributed by atoms with Gasteiger partial charge in [-0.25, -0.2) is 0 Å². The number of rotatable bonds is 2. The molecule has 0 bridgehead atoms. The van der Waals surface area contributed by atoms with E-state index in [9.17, 15) is 4.79 Å². The highest BCUT2D eigenvalue weighted by molar-refractivity contribution is 6.12. The maximum Gasteiger partial charge on any atom is 0.257 e. The summed E-state index contributed by atoms with van der Waals surface area (Å²) in [5.41, 5.74) is 8.59. The molecule has 0 spiro atoms. The van der Waals surface area contributed by atoms with Gasteiger partial charge in [-0.15, -0.1) is 0 Å². The molecule has 3 aromatic rings. The van der Waals surface area contributed by atoms with Crippen LogP contribution in [0.1, 0.15) is 10.4 Å². The minimum atomic E-state index is -0.137. The van der Waals surface area contributed by atoms with Crippen LogP contribution in [0.25, 0.3) is 10.9 Å². The van der Waals surface area contributed by atoms with E-state index in [2.05, 4.69) is 10.3 Å². The number of amides is 1. The summed E-state index contributed by atoms with van der Waals surface area (Å²) in [6, 6.07) is 14.8. The number of aromatic nitrogens is 1. The number of hydrogen-bond donors (Lipinski definition) is 3. The average molecular weight is 251 g/mol. The highest BCUT2D eigenvalue weighted by Gasteiger charge is 2.11. The van der Waals surface area contributed by atoms with Gasteiger partial charge in [0.2, 0.25) is 0 Å². The second-order valence-corrected chi connectivity index (χ2v) is 4.32. The highest BCUT2D eigenvalue weighted by atomic mass is 16.1. The van der Waals surface area contributed by atoms with Crippen LogP contribution in [0.15, 0.2) is 54.7 Å². The zero-order valence-corrected chi connectivity index (χ0v) is 10.2. The summed E-state index contributed by atoms with van der Waals surface area (Å²) in [6.07, 6.45) is 1.72. The third kappa shape index (κ3) is 2.15. The fourth-order valence-electron chi connectivity index (χ4n) is 2.02. The van der Waals surface area contributed by atoms with E-state index in [4.69, 9.17) is 5.73 Å². The van der Waals surface area contributed by atoms with Crippen LogP contribution in [0.5, 0.6) is 0 Å². The van der Waals surface area contributed by atoms with E-state index in [1.54, 1.807) is 30.5 Å². The Labute approximate surface area is 110 Å². The molecule has 0 saturated carbocycles. The quantitative estimate of drug-likeness (QED) is 0.613. The van der Waals surface area contributed by atoms with Crippen molar-refractivity contribution in [1.29, 1.82) is 0 Å². The summed E-state index contributed by atoms with van der Waals surface area (Å²) in [4.78, 5) is 15.3. The van der Waals surface area contributed by atoms with E-state index in [1.807, 2.05) is 24.3 Å². The molecule has 94 valence electrons. The number of aromatic amines is 1. The van der Waals surface area contributed by atoms with Crippen molar-refractivity contribution in [3.05, 3.63) is 60.3 Å². The lowest BCUT2D eigenvalue weighted by Crippen LogP contribution is -2.11. The Bertz CT molecular complexity index is 728. The molecule has 1 amide bonds. The largest absolute Gasteiger partial charge is 0.399 e. The van der Waals surface area contributed by atoms with Gasteiger partial charge >= 0.3 is 0 Å². The van der Waals surface area contributed by atoms with E-state index in [-0.39, 0.29) is 5.91 Å². The lowest BCUT2D eigenvalue weighted by atomic mass is 10.1. The Kier molecular flexibility index (Phi) is 2.68. The Morgan fingerprint density at radius 3 is 2.58 bits per heavy atom. The first kappa shape index (κ1) is 11.3. The molecule has 0 atom stereocenters. The van der Waals surface area contributed by atoms with Gasteiger partial charge in [0.1, 0.15) is 0 Å². The number of para-hydroxylation sites is 1. The van der Waals surface area contributed by atoms with Crippen LogP contribution in [0, 0.1) is 0 Å². The van der Waals surface area contributed by atoms with Gasteiger partial charge in [-0.3, -0.25) is 4.79 Å². The molecule has 4 heteroatoms. The van der Waals surface area contributed by atoms with E-state index in [1.165, 1.54) is 0 Å². The molecule has 4 nitrogen and oxygen atoms in total. The van der Waals surface area contributed by atoms with Gasteiger partial charge in [-0.05, 0) is 30.3 Å². The minimum absolute atomic E-state index is 0.137. The molecular weight excluding hydrogens is 238 g/mol. The standard InChI is InChI=1S/C15H13N3O/c16-10-5-7-11(8-6-10)18-15(19)13-9-17-14-4-2-1-3-12(13)14/h1-9,17H,16H2,(H,18,19). The fourth-order valence-corrected chi connectivity index (χ4v) is 2.02. The molecule has 4 N–H and O–H groups in total. The molecule has 0 aliphatic carbocycles. The lowest BCUT2D eigenvalue weighted by molar-refractivity contribution is 0.102. The molecule has 2 aromatic carbocycles. The first-order valence-electron chi connectivity index (χ1n) is 5.97. The number of nitrogen functional groups attached to an aromatic ring is 1. The molecule has 1 heterocycles. The van der Waals surface area contributed by atoms with Gasteiger partial charge in [-0.2, -0.15) is 0 Å². The normalized spacial score (nSPS) is 10.5. The van der Waals surface area contributed by atoms with Crippen molar-refractivity contribution in [1.82, 2.24) is 4.98 Å². The topological polar surface area (TPSA) is 70.9 Å². The summed E-state index contributed by atoms with van der Waals surface area (Å²) in [7, 11) is 0. The van der Waals surface area contributed by atoms with Crippen molar-refractivity contribution >= 4 is 28.2 Å². The molecule has 0 aliphatic heterocycles. The molecule has 3 rings (SSSR count). The van der Waals surface area contributed by atoms with Crippen molar-refractivity contribution in [2.24, 2.45) is 0 Å². The fraction of sp³-hybridized carbons (Fsp3) is 0. The third-order valence-electron chi connectivity index (χ3n) is 3.00. The summed E-state index contributed by atoms with van der Waals surface area (Å²) in [6.45, 7) is 0. The van der Waals surface area contributed by atoms with Crippen LogP contribution < -0.4 is 11.1 Å². The van der Waals surface area contributed by atoms with Crippen molar-refractivity contribution in [2.75, 3.05) is 11.1 Å².